The third kappa shape index (κ3) is 37.9. The van der Waals surface area contributed by atoms with Crippen molar-refractivity contribution in [1.82, 2.24) is 0 Å². The second-order valence-electron chi connectivity index (χ2n) is 6.82. The first-order valence-corrected chi connectivity index (χ1v) is 10.1. The van der Waals surface area contributed by atoms with Crippen LogP contribution in [0, 0.1) is 0 Å². The van der Waals surface area contributed by atoms with Crippen LogP contribution in [-0.4, -0.2) is 44.3 Å². The van der Waals surface area contributed by atoms with E-state index < -0.39 is 23.9 Å². The Hall–Kier alpha value is -1.41. The summed E-state index contributed by atoms with van der Waals surface area (Å²) in [5.74, 6) is -2.96. The first kappa shape index (κ1) is 32.3. The largest absolute Gasteiger partial charge is 0.481 e. The van der Waals surface area contributed by atoms with Gasteiger partial charge in [0.15, 0.2) is 0 Å². The number of rotatable bonds is 18. The number of hydrogen-bond donors (Lipinski definition) is 4. The van der Waals surface area contributed by atoms with Crippen LogP contribution in [0.2, 0.25) is 0 Å². The summed E-state index contributed by atoms with van der Waals surface area (Å²) < 4.78 is 0. The first-order valence-electron chi connectivity index (χ1n) is 10.1. The summed E-state index contributed by atoms with van der Waals surface area (Å²) >= 11 is 0. The molecule has 168 valence electrons. The van der Waals surface area contributed by atoms with Crippen LogP contribution in [-0.2, 0) is 40.9 Å². The molecule has 0 amide bonds. The smallest absolute Gasteiger partial charge is 0.303 e. The van der Waals surface area contributed by atoms with E-state index in [-0.39, 0.29) is 47.4 Å². The van der Waals surface area contributed by atoms with Gasteiger partial charge in [-0.3, -0.25) is 19.2 Å². The Morgan fingerprint density at radius 1 is 0.345 bits per heavy atom. The fourth-order valence-electron chi connectivity index (χ4n) is 2.52. The quantitative estimate of drug-likeness (QED) is 0.175. The number of hydrogen-bond acceptors (Lipinski definition) is 4. The molecular formula is C20H36O8Ti. The minimum atomic E-state index is -0.740. The van der Waals surface area contributed by atoms with Gasteiger partial charge in [-0.15, -0.1) is 0 Å². The number of carboxylic acid groups (broad SMARTS) is 4. The second-order valence-corrected chi connectivity index (χ2v) is 6.82. The monoisotopic (exact) mass is 452 g/mol. The van der Waals surface area contributed by atoms with E-state index in [0.29, 0.717) is 0 Å². The van der Waals surface area contributed by atoms with Crippen molar-refractivity contribution in [2.24, 2.45) is 0 Å². The fraction of sp³-hybridized carbons (Fsp3) is 0.800. The maximum atomic E-state index is 10.1. The zero-order valence-electron chi connectivity index (χ0n) is 17.2. The van der Waals surface area contributed by atoms with Gasteiger partial charge in [0.2, 0.25) is 0 Å². The van der Waals surface area contributed by atoms with Crippen molar-refractivity contribution in [3.05, 3.63) is 0 Å². The van der Waals surface area contributed by atoms with E-state index in [2.05, 4.69) is 0 Å². The second kappa shape index (κ2) is 24.6. The summed E-state index contributed by atoms with van der Waals surface area (Å²) in [5.41, 5.74) is 0. The van der Waals surface area contributed by atoms with Crippen molar-refractivity contribution in [2.75, 3.05) is 0 Å². The van der Waals surface area contributed by atoms with Crippen LogP contribution in [0.15, 0.2) is 0 Å². The van der Waals surface area contributed by atoms with E-state index in [1.165, 1.54) is 0 Å². The van der Waals surface area contributed by atoms with Crippen LogP contribution in [0.4, 0.5) is 0 Å². The Labute approximate surface area is 188 Å². The van der Waals surface area contributed by atoms with Crippen LogP contribution in [0.1, 0.15) is 103 Å². The maximum absolute atomic E-state index is 10.1. The van der Waals surface area contributed by atoms with Gasteiger partial charge in [-0.05, 0) is 25.7 Å². The van der Waals surface area contributed by atoms with Crippen molar-refractivity contribution in [3.8, 4) is 0 Å². The average molecular weight is 452 g/mol. The molecule has 29 heavy (non-hydrogen) atoms. The molecule has 0 saturated heterocycles. The van der Waals surface area contributed by atoms with Gasteiger partial charge in [0, 0.05) is 47.4 Å². The molecule has 0 aromatic heterocycles. The predicted octanol–water partition coefficient (Wildman–Crippen LogP) is 4.55. The molecule has 0 rings (SSSR count). The summed E-state index contributed by atoms with van der Waals surface area (Å²) in [7, 11) is 0. The summed E-state index contributed by atoms with van der Waals surface area (Å²) in [6.07, 6.45) is 11.6. The Kier molecular flexibility index (Phi) is 27.4. The Bertz CT molecular complexity index is 360. The van der Waals surface area contributed by atoms with Crippen LogP contribution < -0.4 is 0 Å². The van der Waals surface area contributed by atoms with Crippen molar-refractivity contribution in [2.45, 2.75) is 103 Å². The van der Waals surface area contributed by atoms with E-state index in [0.717, 1.165) is 77.0 Å². The average Bonchev–Trinajstić information content (AvgIpc) is 2.59. The Morgan fingerprint density at radius 2 is 0.483 bits per heavy atom. The van der Waals surface area contributed by atoms with Gasteiger partial charge in [0.05, 0.1) is 0 Å². The molecule has 0 aliphatic heterocycles. The number of aliphatic carboxylic acids is 4. The van der Waals surface area contributed by atoms with Gasteiger partial charge in [-0.1, -0.05) is 51.4 Å². The predicted molar refractivity (Wildman–Crippen MR) is 104 cm³/mol. The van der Waals surface area contributed by atoms with Crippen molar-refractivity contribution in [1.29, 1.82) is 0 Å². The molecular weight excluding hydrogens is 416 g/mol. The van der Waals surface area contributed by atoms with Gasteiger partial charge in [0.25, 0.3) is 0 Å². The number of unbranched alkanes of at least 4 members (excludes halogenated alkanes) is 10. The van der Waals surface area contributed by atoms with Crippen molar-refractivity contribution in [3.63, 3.8) is 0 Å². The molecule has 0 aromatic carbocycles. The molecule has 8 nitrogen and oxygen atoms in total. The SMILES string of the molecule is O=C(O)CCCCCCCCC(=O)O.O=C(O)CCCCCCCCC(=O)O.[Ti]. The topological polar surface area (TPSA) is 149 Å². The third-order valence-corrected chi connectivity index (χ3v) is 4.06. The van der Waals surface area contributed by atoms with Crippen LogP contribution in [0.3, 0.4) is 0 Å². The van der Waals surface area contributed by atoms with Gasteiger partial charge in [0.1, 0.15) is 0 Å². The van der Waals surface area contributed by atoms with Crippen molar-refractivity contribution < 1.29 is 61.3 Å². The molecule has 0 aliphatic rings. The van der Waals surface area contributed by atoms with E-state index in [4.69, 9.17) is 20.4 Å². The maximum Gasteiger partial charge on any atom is 0.303 e. The standard InChI is InChI=1S/2C10H18O4.Ti/c2*11-9(12)7-5-3-1-2-4-6-8-10(13)14;/h2*1-8H2,(H,11,12)(H,13,14);. The Morgan fingerprint density at radius 3 is 0.621 bits per heavy atom. The zero-order chi connectivity index (χ0) is 21.6. The van der Waals surface area contributed by atoms with Crippen LogP contribution >= 0.6 is 0 Å². The minimum Gasteiger partial charge on any atom is -0.481 e. The zero-order valence-corrected chi connectivity index (χ0v) is 18.8. The van der Waals surface area contributed by atoms with Gasteiger partial charge >= 0.3 is 23.9 Å². The molecule has 0 aliphatic carbocycles. The summed E-state index contributed by atoms with van der Waals surface area (Å²) in [6.45, 7) is 0. The molecule has 0 aromatic rings. The molecule has 4 N–H and O–H groups in total. The first-order chi connectivity index (χ1) is 13.3. The van der Waals surface area contributed by atoms with E-state index in [1.807, 2.05) is 0 Å². The molecule has 9 heteroatoms. The summed E-state index contributed by atoms with van der Waals surface area (Å²) in [6, 6.07) is 0. The molecule has 0 radical (unpaired) electrons. The molecule has 0 spiro atoms. The molecule has 0 heterocycles. The van der Waals surface area contributed by atoms with E-state index in [1.54, 1.807) is 0 Å². The number of carboxylic acids is 4. The van der Waals surface area contributed by atoms with Crippen LogP contribution in [0.5, 0.6) is 0 Å². The minimum absolute atomic E-state index is 0. The van der Waals surface area contributed by atoms with Gasteiger partial charge < -0.3 is 20.4 Å². The summed E-state index contributed by atoms with van der Waals surface area (Å²) in [5, 5.41) is 33.4. The third-order valence-electron chi connectivity index (χ3n) is 4.06. The molecule has 0 bridgehead atoms. The summed E-state index contributed by atoms with van der Waals surface area (Å²) in [4.78, 5) is 40.6. The Balaban J connectivity index is -0.000000451. The van der Waals surface area contributed by atoms with E-state index in [9.17, 15) is 19.2 Å². The number of carbonyl (C=O) groups is 4. The molecule has 0 atom stereocenters. The normalized spacial score (nSPS) is 9.66. The van der Waals surface area contributed by atoms with Gasteiger partial charge in [-0.2, -0.15) is 0 Å². The fourth-order valence-corrected chi connectivity index (χ4v) is 2.52. The molecule has 0 unspecified atom stereocenters. The van der Waals surface area contributed by atoms with E-state index >= 15 is 0 Å². The van der Waals surface area contributed by atoms with Crippen LogP contribution in [0.25, 0.3) is 0 Å². The molecule has 0 saturated carbocycles. The molecule has 0 fully saturated rings. The van der Waals surface area contributed by atoms with Gasteiger partial charge in [-0.25, -0.2) is 0 Å². The van der Waals surface area contributed by atoms with Crippen molar-refractivity contribution >= 4 is 23.9 Å².